The predicted octanol–water partition coefficient (Wildman–Crippen LogP) is 2.49. The number of anilines is 2. The van der Waals surface area contributed by atoms with Crippen LogP contribution in [0.15, 0.2) is 35.4 Å². The number of nitrogens with one attached hydrogen (secondary N) is 1. The number of rotatable bonds is 6. The zero-order valence-corrected chi connectivity index (χ0v) is 18.1. The molecule has 4 rings (SSSR count). The van der Waals surface area contributed by atoms with Crippen LogP contribution in [0.2, 0.25) is 0 Å². The van der Waals surface area contributed by atoms with E-state index in [0.29, 0.717) is 35.9 Å². The molecule has 0 bridgehead atoms. The molecule has 2 aliphatic rings. The van der Waals surface area contributed by atoms with Crippen LogP contribution < -0.4 is 15.1 Å². The topological polar surface area (TPSA) is 101 Å². The maximum absolute atomic E-state index is 14.9. The number of hydrazone groups is 1. The van der Waals surface area contributed by atoms with Crippen LogP contribution >= 0.6 is 11.3 Å². The molecule has 9 nitrogen and oxygen atoms in total. The lowest BCUT2D eigenvalue weighted by Crippen LogP contribution is -2.38. The number of benzene rings is 1. The Labute approximate surface area is 188 Å². The van der Waals surface area contributed by atoms with Crippen molar-refractivity contribution < 1.29 is 18.7 Å². The lowest BCUT2D eigenvalue weighted by molar-refractivity contribution is -0.119. The van der Waals surface area contributed by atoms with Crippen LogP contribution in [0.4, 0.5) is 20.6 Å². The van der Waals surface area contributed by atoms with Crippen molar-refractivity contribution in [2.24, 2.45) is 5.10 Å². The Morgan fingerprint density at radius 3 is 2.88 bits per heavy atom. The first kappa shape index (κ1) is 21.6. The lowest BCUT2D eigenvalue weighted by Gasteiger charge is -2.30. The number of nitriles is 1. The molecule has 0 radical (unpaired) electrons. The van der Waals surface area contributed by atoms with E-state index >= 15 is 0 Å². The average Bonchev–Trinajstić information content (AvgIpc) is 3.39. The highest BCUT2D eigenvalue weighted by Crippen LogP contribution is 2.28. The Kier molecular flexibility index (Phi) is 6.23. The third kappa shape index (κ3) is 4.81. The summed E-state index contributed by atoms with van der Waals surface area (Å²) in [5, 5.41) is 17.8. The maximum atomic E-state index is 14.9. The second-order valence-corrected chi connectivity index (χ2v) is 8.55. The molecule has 1 aromatic heterocycles. The Morgan fingerprint density at radius 1 is 1.38 bits per heavy atom. The van der Waals surface area contributed by atoms with Crippen molar-refractivity contribution in [2.45, 2.75) is 19.6 Å². The summed E-state index contributed by atoms with van der Waals surface area (Å²) in [5.41, 5.74) is 0.755. The molecule has 2 aromatic rings. The zero-order chi connectivity index (χ0) is 22.7. The Balaban J connectivity index is 1.39. The maximum Gasteiger partial charge on any atom is 0.414 e. The fraction of sp³-hybridized carbons (Fsp3) is 0.333. The molecule has 0 saturated carbocycles. The highest BCUT2D eigenvalue weighted by molar-refractivity contribution is 7.12. The second kappa shape index (κ2) is 9.23. The van der Waals surface area contributed by atoms with E-state index in [-0.39, 0.29) is 19.0 Å². The highest BCUT2D eigenvalue weighted by atomic mass is 32.1. The molecule has 1 saturated heterocycles. The van der Waals surface area contributed by atoms with Crippen LogP contribution in [0, 0.1) is 17.1 Å². The van der Waals surface area contributed by atoms with Gasteiger partial charge in [0.05, 0.1) is 37.6 Å². The number of hydrogen-bond acceptors (Lipinski definition) is 8. The number of halogens is 1. The van der Waals surface area contributed by atoms with Crippen LogP contribution in [0.5, 0.6) is 0 Å². The van der Waals surface area contributed by atoms with E-state index in [4.69, 9.17) is 10.00 Å². The number of carbonyl (C=O) groups excluding carboxylic acids is 2. The molecule has 2 aliphatic heterocycles. The van der Waals surface area contributed by atoms with Gasteiger partial charge in [-0.25, -0.2) is 9.18 Å². The van der Waals surface area contributed by atoms with Crippen LogP contribution in [-0.4, -0.2) is 55.6 Å². The molecule has 0 unspecified atom stereocenters. The van der Waals surface area contributed by atoms with Gasteiger partial charge in [0.25, 0.3) is 0 Å². The van der Waals surface area contributed by atoms with Gasteiger partial charge >= 0.3 is 6.09 Å². The number of hydrogen-bond donors (Lipinski definition) is 1. The van der Waals surface area contributed by atoms with Gasteiger partial charge in [-0.3, -0.25) is 14.7 Å². The molecule has 11 heteroatoms. The van der Waals surface area contributed by atoms with Gasteiger partial charge in [-0.2, -0.15) is 10.4 Å². The first-order chi connectivity index (χ1) is 15.4. The number of carbonyl (C=O) groups is 2. The van der Waals surface area contributed by atoms with E-state index in [0.717, 1.165) is 4.88 Å². The molecule has 1 aromatic carbocycles. The minimum Gasteiger partial charge on any atom is -0.442 e. The molecule has 2 amide bonds. The van der Waals surface area contributed by atoms with E-state index in [1.807, 2.05) is 11.1 Å². The molecule has 1 atom stereocenters. The highest BCUT2D eigenvalue weighted by Gasteiger charge is 2.33. The molecule has 0 aliphatic carbocycles. The quantitative estimate of drug-likeness (QED) is 0.717. The lowest BCUT2D eigenvalue weighted by atomic mass is 10.2. The van der Waals surface area contributed by atoms with Crippen LogP contribution in [0.1, 0.15) is 16.7 Å². The van der Waals surface area contributed by atoms with Gasteiger partial charge in [-0.15, -0.1) is 11.3 Å². The first-order valence-electron chi connectivity index (χ1n) is 9.99. The summed E-state index contributed by atoms with van der Waals surface area (Å²) in [4.78, 5) is 28.0. The monoisotopic (exact) mass is 456 g/mol. The molecule has 3 heterocycles. The normalized spacial score (nSPS) is 18.0. The summed E-state index contributed by atoms with van der Waals surface area (Å²) < 4.78 is 20.1. The SMILES string of the molecule is CC(=O)NC[C@H]1CN(c2ccc(N3C=NN(Cc4ccc(C#N)s4)CC3)c(F)c2)C(=O)O1. The molecular formula is C21H21FN6O3S. The van der Waals surface area contributed by atoms with E-state index < -0.39 is 18.0 Å². The van der Waals surface area contributed by atoms with Crippen LogP contribution in [0.3, 0.4) is 0 Å². The molecule has 0 spiro atoms. The van der Waals surface area contributed by atoms with Crippen molar-refractivity contribution >= 4 is 41.1 Å². The molecular weight excluding hydrogens is 435 g/mol. The number of nitrogens with zero attached hydrogens (tertiary/aromatic N) is 5. The summed E-state index contributed by atoms with van der Waals surface area (Å²) in [5.74, 6) is -0.684. The van der Waals surface area contributed by atoms with Gasteiger partial charge in [0.1, 0.15) is 29.2 Å². The summed E-state index contributed by atoms with van der Waals surface area (Å²) >= 11 is 1.43. The largest absolute Gasteiger partial charge is 0.442 e. The Morgan fingerprint density at radius 2 is 2.22 bits per heavy atom. The standard InChI is InChI=1S/C21H21FN6O3S/c1-14(29)24-10-16-11-28(21(30)31-16)15-2-5-20(19(22)8-15)26-6-7-27(25-13-26)12-18-4-3-17(9-23)32-18/h2-5,8,13,16H,6-7,10-12H2,1H3,(H,24,29)/t16-/m0/s1. The molecule has 166 valence electrons. The van der Waals surface area contributed by atoms with Gasteiger partial charge in [0, 0.05) is 18.3 Å². The third-order valence-electron chi connectivity index (χ3n) is 5.07. The summed E-state index contributed by atoms with van der Waals surface area (Å²) in [6.45, 7) is 3.56. The molecule has 1 N–H and O–H groups in total. The minimum atomic E-state index is -0.573. The van der Waals surface area contributed by atoms with Crippen molar-refractivity contribution in [2.75, 3.05) is 36.0 Å². The average molecular weight is 457 g/mol. The molecule has 1 fully saturated rings. The summed E-state index contributed by atoms with van der Waals surface area (Å²) in [6.07, 6.45) is 0.520. The van der Waals surface area contributed by atoms with Crippen molar-refractivity contribution in [3.05, 3.63) is 45.9 Å². The fourth-order valence-corrected chi connectivity index (χ4v) is 4.29. The van der Waals surface area contributed by atoms with E-state index in [9.17, 15) is 14.0 Å². The van der Waals surface area contributed by atoms with Crippen LogP contribution in [-0.2, 0) is 16.1 Å². The number of amides is 2. The van der Waals surface area contributed by atoms with Crippen molar-refractivity contribution in [3.8, 4) is 6.07 Å². The van der Waals surface area contributed by atoms with Gasteiger partial charge in [0.2, 0.25) is 5.91 Å². The van der Waals surface area contributed by atoms with Gasteiger partial charge < -0.3 is 15.0 Å². The predicted molar refractivity (Wildman–Crippen MR) is 118 cm³/mol. The smallest absolute Gasteiger partial charge is 0.414 e. The second-order valence-electron chi connectivity index (χ2n) is 7.38. The summed E-state index contributed by atoms with van der Waals surface area (Å²) in [6, 6.07) is 10.4. The fourth-order valence-electron chi connectivity index (χ4n) is 3.47. The third-order valence-corrected chi connectivity index (χ3v) is 6.04. The Bertz CT molecular complexity index is 1100. The van der Waals surface area contributed by atoms with Gasteiger partial charge in [0.15, 0.2) is 0 Å². The van der Waals surface area contributed by atoms with E-state index in [2.05, 4.69) is 16.5 Å². The van der Waals surface area contributed by atoms with Gasteiger partial charge in [-0.1, -0.05) is 0 Å². The van der Waals surface area contributed by atoms with E-state index in [1.54, 1.807) is 29.4 Å². The molecule has 32 heavy (non-hydrogen) atoms. The zero-order valence-electron chi connectivity index (χ0n) is 17.3. The summed E-state index contributed by atoms with van der Waals surface area (Å²) in [7, 11) is 0. The number of ether oxygens (including phenoxy) is 1. The first-order valence-corrected chi connectivity index (χ1v) is 10.8. The Hall–Kier alpha value is -3.65. The van der Waals surface area contributed by atoms with Gasteiger partial charge in [-0.05, 0) is 30.3 Å². The minimum absolute atomic E-state index is 0.209. The van der Waals surface area contributed by atoms with E-state index in [1.165, 1.54) is 29.2 Å². The van der Waals surface area contributed by atoms with Crippen molar-refractivity contribution in [1.29, 1.82) is 5.26 Å². The number of cyclic esters (lactones) is 1. The van der Waals surface area contributed by atoms with Crippen molar-refractivity contribution in [1.82, 2.24) is 10.3 Å². The number of thiophene rings is 1. The van der Waals surface area contributed by atoms with Crippen molar-refractivity contribution in [3.63, 3.8) is 0 Å². The van der Waals surface area contributed by atoms with Crippen LogP contribution in [0.25, 0.3) is 0 Å².